The van der Waals surface area contributed by atoms with Gasteiger partial charge in [0.2, 0.25) is 0 Å². The first-order chi connectivity index (χ1) is 4.52. The lowest BCUT2D eigenvalue weighted by atomic mass is 9.94. The molecule has 0 radical (unpaired) electrons. The summed E-state index contributed by atoms with van der Waals surface area (Å²) in [6.07, 6.45) is 0. The van der Waals surface area contributed by atoms with Crippen LogP contribution < -0.4 is 0 Å². The van der Waals surface area contributed by atoms with Crippen LogP contribution in [0.1, 0.15) is 20.8 Å². The van der Waals surface area contributed by atoms with Crippen molar-refractivity contribution in [1.82, 2.24) is 0 Å². The third-order valence-electron chi connectivity index (χ3n) is 2.11. The maximum atomic E-state index is 5.78. The molecule has 1 aliphatic heterocycles. The average Bonchev–Trinajstić information content (AvgIpc) is 2.10. The van der Waals surface area contributed by atoms with Gasteiger partial charge in [-0.3, -0.25) is 0 Å². The molecule has 2 atom stereocenters. The molecule has 1 rings (SSSR count). The molecule has 0 saturated carbocycles. The zero-order valence-corrected chi connectivity index (χ0v) is 8.16. The SMILES string of the molecule is CC1(C)OOPC1(C)CCl. The molecule has 60 valence electrons. The van der Waals surface area contributed by atoms with Crippen molar-refractivity contribution in [2.75, 3.05) is 5.88 Å². The Labute approximate surface area is 68.0 Å². The molecule has 0 aromatic heterocycles. The Kier molecular flexibility index (Phi) is 2.27. The molecule has 1 saturated heterocycles. The lowest BCUT2D eigenvalue weighted by Crippen LogP contribution is -2.42. The Balaban J connectivity index is 2.76. The van der Waals surface area contributed by atoms with Crippen LogP contribution in [0.25, 0.3) is 0 Å². The zero-order chi connectivity index (χ0) is 7.83. The summed E-state index contributed by atoms with van der Waals surface area (Å²) in [5.41, 5.74) is -0.243. The maximum absolute atomic E-state index is 5.78. The highest BCUT2D eigenvalue weighted by atomic mass is 35.5. The van der Waals surface area contributed by atoms with Gasteiger partial charge in [0.15, 0.2) is 0 Å². The van der Waals surface area contributed by atoms with Crippen molar-refractivity contribution in [1.29, 1.82) is 0 Å². The van der Waals surface area contributed by atoms with E-state index in [1.54, 1.807) is 0 Å². The van der Waals surface area contributed by atoms with E-state index in [2.05, 4.69) is 6.92 Å². The van der Waals surface area contributed by atoms with Crippen LogP contribution >= 0.6 is 20.4 Å². The predicted molar refractivity (Wildman–Crippen MR) is 43.7 cm³/mol. The third kappa shape index (κ3) is 1.18. The highest BCUT2D eigenvalue weighted by Gasteiger charge is 2.48. The third-order valence-corrected chi connectivity index (χ3v) is 4.27. The second-order valence-electron chi connectivity index (χ2n) is 3.24. The summed E-state index contributed by atoms with van der Waals surface area (Å²) in [4.78, 5) is 5.07. The van der Waals surface area contributed by atoms with Crippen molar-refractivity contribution in [3.8, 4) is 0 Å². The molecule has 0 amide bonds. The molecule has 0 bridgehead atoms. The van der Waals surface area contributed by atoms with E-state index in [0.29, 0.717) is 14.7 Å². The normalized spacial score (nSPS) is 40.8. The molecule has 0 aliphatic carbocycles. The standard InChI is InChI=1S/C6H12ClO2P/c1-5(2)6(3,4-7)10-9-8-5/h10H,4H2,1-3H3. The molecule has 0 aromatic carbocycles. The van der Waals surface area contributed by atoms with Crippen LogP contribution in [0.2, 0.25) is 0 Å². The minimum Gasteiger partial charge on any atom is -0.226 e. The molecule has 0 spiro atoms. The van der Waals surface area contributed by atoms with Crippen LogP contribution in [0.5, 0.6) is 0 Å². The summed E-state index contributed by atoms with van der Waals surface area (Å²) in [7, 11) is 0.350. The van der Waals surface area contributed by atoms with Gasteiger partial charge in [-0.15, -0.1) is 11.6 Å². The van der Waals surface area contributed by atoms with E-state index in [0.717, 1.165) is 0 Å². The Bertz CT molecular complexity index is 140. The van der Waals surface area contributed by atoms with Gasteiger partial charge in [-0.05, 0) is 20.8 Å². The van der Waals surface area contributed by atoms with Gasteiger partial charge in [-0.25, -0.2) is 9.56 Å². The first-order valence-electron chi connectivity index (χ1n) is 3.20. The van der Waals surface area contributed by atoms with Crippen LogP contribution in [0.15, 0.2) is 0 Å². The molecule has 10 heavy (non-hydrogen) atoms. The Morgan fingerprint density at radius 3 is 2.20 bits per heavy atom. The number of rotatable bonds is 1. The van der Waals surface area contributed by atoms with Crippen LogP contribution in [0.4, 0.5) is 0 Å². The zero-order valence-electron chi connectivity index (χ0n) is 6.40. The van der Waals surface area contributed by atoms with Crippen LogP contribution in [-0.4, -0.2) is 16.6 Å². The minimum absolute atomic E-state index is 0.0193. The van der Waals surface area contributed by atoms with Crippen molar-refractivity contribution in [3.05, 3.63) is 0 Å². The molecule has 1 aliphatic rings. The molecule has 1 heterocycles. The lowest BCUT2D eigenvalue weighted by molar-refractivity contribution is -0.254. The van der Waals surface area contributed by atoms with E-state index < -0.39 is 0 Å². The highest BCUT2D eigenvalue weighted by Crippen LogP contribution is 2.50. The highest BCUT2D eigenvalue weighted by molar-refractivity contribution is 7.34. The molecule has 2 unspecified atom stereocenters. The summed E-state index contributed by atoms with van der Waals surface area (Å²) in [6.45, 7) is 6.07. The fourth-order valence-electron chi connectivity index (χ4n) is 0.620. The molecular weight excluding hydrogens is 170 g/mol. The summed E-state index contributed by atoms with van der Waals surface area (Å²) >= 11 is 5.78. The van der Waals surface area contributed by atoms with Crippen molar-refractivity contribution < 1.29 is 9.56 Å². The van der Waals surface area contributed by atoms with Gasteiger partial charge >= 0.3 is 0 Å². The van der Waals surface area contributed by atoms with Crippen LogP contribution in [0.3, 0.4) is 0 Å². The first kappa shape index (κ1) is 8.73. The summed E-state index contributed by atoms with van der Waals surface area (Å²) in [5, 5.41) is -0.0193. The topological polar surface area (TPSA) is 18.5 Å². The lowest BCUT2D eigenvalue weighted by Gasteiger charge is -2.30. The van der Waals surface area contributed by atoms with Gasteiger partial charge in [-0.2, -0.15) is 0 Å². The van der Waals surface area contributed by atoms with Gasteiger partial charge in [0, 0.05) is 5.88 Å². The van der Waals surface area contributed by atoms with E-state index in [1.807, 2.05) is 13.8 Å². The van der Waals surface area contributed by atoms with Gasteiger partial charge in [-0.1, -0.05) is 0 Å². The fourth-order valence-corrected chi connectivity index (χ4v) is 1.88. The smallest absolute Gasteiger partial charge is 0.111 e. The van der Waals surface area contributed by atoms with Gasteiger partial charge in [0.1, 0.15) is 5.60 Å². The van der Waals surface area contributed by atoms with E-state index >= 15 is 0 Å². The van der Waals surface area contributed by atoms with E-state index in [9.17, 15) is 0 Å². The van der Waals surface area contributed by atoms with Gasteiger partial charge < -0.3 is 0 Å². The quantitative estimate of drug-likeness (QED) is 0.352. The van der Waals surface area contributed by atoms with Crippen molar-refractivity contribution >= 4 is 20.4 Å². The maximum Gasteiger partial charge on any atom is 0.111 e. The first-order valence-corrected chi connectivity index (χ1v) is 4.64. The Hall–Kier alpha value is 0.640. The van der Waals surface area contributed by atoms with E-state index in [1.165, 1.54) is 0 Å². The van der Waals surface area contributed by atoms with E-state index in [-0.39, 0.29) is 10.8 Å². The van der Waals surface area contributed by atoms with Crippen molar-refractivity contribution in [2.24, 2.45) is 0 Å². The summed E-state index contributed by atoms with van der Waals surface area (Å²) in [5.74, 6) is 0.582. The minimum atomic E-state index is -0.243. The van der Waals surface area contributed by atoms with Gasteiger partial charge in [0.05, 0.1) is 14.0 Å². The largest absolute Gasteiger partial charge is 0.226 e. The van der Waals surface area contributed by atoms with E-state index in [4.69, 9.17) is 21.2 Å². The molecule has 0 aromatic rings. The van der Waals surface area contributed by atoms with Crippen molar-refractivity contribution in [3.63, 3.8) is 0 Å². The predicted octanol–water partition coefficient (Wildman–Crippen LogP) is 2.32. The number of hydrogen-bond acceptors (Lipinski definition) is 2. The average molecular weight is 183 g/mol. The molecule has 0 N–H and O–H groups in total. The Morgan fingerprint density at radius 2 is 2.00 bits per heavy atom. The second kappa shape index (κ2) is 2.60. The number of alkyl halides is 1. The van der Waals surface area contributed by atoms with Gasteiger partial charge in [0.25, 0.3) is 0 Å². The number of halogens is 1. The fraction of sp³-hybridized carbons (Fsp3) is 1.00. The molecular formula is C6H12ClO2P. The molecule has 1 fully saturated rings. The summed E-state index contributed by atoms with van der Waals surface area (Å²) in [6, 6.07) is 0. The van der Waals surface area contributed by atoms with Crippen molar-refractivity contribution in [2.45, 2.75) is 31.5 Å². The Morgan fingerprint density at radius 1 is 1.40 bits per heavy atom. The van der Waals surface area contributed by atoms with Crippen LogP contribution in [0, 0.1) is 0 Å². The second-order valence-corrected chi connectivity index (χ2v) is 4.99. The molecule has 2 nitrogen and oxygen atoms in total. The van der Waals surface area contributed by atoms with Crippen LogP contribution in [-0.2, 0) is 9.56 Å². The summed E-state index contributed by atoms with van der Waals surface area (Å²) < 4.78 is 4.91. The monoisotopic (exact) mass is 182 g/mol. The number of hydrogen-bond donors (Lipinski definition) is 0. The molecule has 4 heteroatoms.